The van der Waals surface area contributed by atoms with Crippen molar-refractivity contribution in [3.05, 3.63) is 65.0 Å². The summed E-state index contributed by atoms with van der Waals surface area (Å²) in [4.78, 5) is 28.1. The SMILES string of the molecule is CC[C@H](C(=O)N[C@@H](C)CC)N(Cc1ccc(F)cc1)C(=O)CN(c1ccc(C)c(C)c1)S(C)(=O)=O. The number of carbonyl (C=O) groups excluding carboxylic acids is 2. The minimum Gasteiger partial charge on any atom is -0.352 e. The summed E-state index contributed by atoms with van der Waals surface area (Å²) in [6, 6.07) is 9.96. The van der Waals surface area contributed by atoms with Crippen molar-refractivity contribution in [2.45, 2.75) is 66.1 Å². The molecule has 2 aromatic rings. The highest BCUT2D eigenvalue weighted by molar-refractivity contribution is 7.92. The Labute approximate surface area is 208 Å². The van der Waals surface area contributed by atoms with Gasteiger partial charge >= 0.3 is 0 Å². The molecule has 0 saturated heterocycles. The van der Waals surface area contributed by atoms with Crippen LogP contribution in [0.4, 0.5) is 10.1 Å². The molecular weight excluding hydrogens is 469 g/mol. The number of rotatable bonds is 11. The van der Waals surface area contributed by atoms with E-state index in [2.05, 4.69) is 5.32 Å². The van der Waals surface area contributed by atoms with Crippen molar-refractivity contribution in [3.8, 4) is 0 Å². The number of nitrogens with zero attached hydrogens (tertiary/aromatic N) is 2. The molecule has 0 spiro atoms. The lowest BCUT2D eigenvalue weighted by Gasteiger charge is -2.33. The summed E-state index contributed by atoms with van der Waals surface area (Å²) in [6.07, 6.45) is 2.10. The molecule has 9 heteroatoms. The van der Waals surface area contributed by atoms with Crippen LogP contribution in [0.1, 0.15) is 50.3 Å². The zero-order chi connectivity index (χ0) is 26.3. The maximum Gasteiger partial charge on any atom is 0.244 e. The third kappa shape index (κ3) is 7.78. The number of nitrogens with one attached hydrogen (secondary N) is 1. The van der Waals surface area contributed by atoms with Crippen LogP contribution >= 0.6 is 0 Å². The second-order valence-corrected chi connectivity index (χ2v) is 10.8. The summed E-state index contributed by atoms with van der Waals surface area (Å²) in [5, 5.41) is 2.92. The van der Waals surface area contributed by atoms with Crippen LogP contribution in [-0.2, 0) is 26.2 Å². The van der Waals surface area contributed by atoms with E-state index in [9.17, 15) is 22.4 Å². The third-order valence-corrected chi connectivity index (χ3v) is 7.25. The van der Waals surface area contributed by atoms with Gasteiger partial charge in [-0.15, -0.1) is 0 Å². The summed E-state index contributed by atoms with van der Waals surface area (Å²) >= 11 is 0. The Kier molecular flexibility index (Phi) is 9.82. The summed E-state index contributed by atoms with van der Waals surface area (Å²) in [6.45, 7) is 8.98. The van der Waals surface area contributed by atoms with Crippen molar-refractivity contribution in [1.82, 2.24) is 10.2 Å². The van der Waals surface area contributed by atoms with Gasteiger partial charge in [-0.3, -0.25) is 13.9 Å². The molecule has 2 atom stereocenters. The summed E-state index contributed by atoms with van der Waals surface area (Å²) in [5.41, 5.74) is 2.90. The molecule has 1 N–H and O–H groups in total. The van der Waals surface area contributed by atoms with E-state index in [4.69, 9.17) is 0 Å². The highest BCUT2D eigenvalue weighted by atomic mass is 32.2. The first kappa shape index (κ1) is 28.3. The lowest BCUT2D eigenvalue weighted by molar-refractivity contribution is -0.140. The smallest absolute Gasteiger partial charge is 0.244 e. The zero-order valence-electron chi connectivity index (χ0n) is 21.3. The predicted octanol–water partition coefficient (Wildman–Crippen LogP) is 3.93. The van der Waals surface area contributed by atoms with E-state index in [-0.39, 0.29) is 18.5 Å². The average Bonchev–Trinajstić information content (AvgIpc) is 2.79. The first-order valence-corrected chi connectivity index (χ1v) is 13.6. The highest BCUT2D eigenvalue weighted by Crippen LogP contribution is 2.22. The molecule has 2 rings (SSSR count). The van der Waals surface area contributed by atoms with E-state index in [0.717, 1.165) is 28.1 Å². The van der Waals surface area contributed by atoms with Crippen molar-refractivity contribution < 1.29 is 22.4 Å². The van der Waals surface area contributed by atoms with Gasteiger partial charge in [0.25, 0.3) is 0 Å². The molecule has 0 aromatic heterocycles. The zero-order valence-corrected chi connectivity index (χ0v) is 22.2. The van der Waals surface area contributed by atoms with Gasteiger partial charge in [0, 0.05) is 12.6 Å². The van der Waals surface area contributed by atoms with E-state index < -0.39 is 34.3 Å². The molecule has 7 nitrogen and oxygen atoms in total. The molecule has 0 aliphatic rings. The number of benzene rings is 2. The minimum atomic E-state index is -3.79. The van der Waals surface area contributed by atoms with E-state index >= 15 is 0 Å². The molecule has 0 bridgehead atoms. The molecular formula is C26H36FN3O4S. The number of hydrogen-bond acceptors (Lipinski definition) is 4. The Balaban J connectivity index is 2.45. The Morgan fingerprint density at radius 2 is 1.63 bits per heavy atom. The minimum absolute atomic E-state index is 0.0378. The first-order valence-electron chi connectivity index (χ1n) is 11.8. The summed E-state index contributed by atoms with van der Waals surface area (Å²) in [5.74, 6) is -1.25. The van der Waals surface area contributed by atoms with Crippen LogP contribution in [0.2, 0.25) is 0 Å². The maximum absolute atomic E-state index is 13.6. The number of sulfonamides is 1. The second kappa shape index (κ2) is 12.2. The number of anilines is 1. The highest BCUT2D eigenvalue weighted by Gasteiger charge is 2.32. The van der Waals surface area contributed by atoms with Crippen LogP contribution in [0.5, 0.6) is 0 Å². The number of hydrogen-bond donors (Lipinski definition) is 1. The average molecular weight is 506 g/mol. The van der Waals surface area contributed by atoms with E-state index in [1.54, 1.807) is 37.3 Å². The summed E-state index contributed by atoms with van der Waals surface area (Å²) < 4.78 is 39.9. The Morgan fingerprint density at radius 3 is 2.14 bits per heavy atom. The standard InChI is InChI=1S/C26H36FN3O4S/c1-7-20(5)28-26(32)24(8-2)29(16-21-10-12-22(27)13-11-21)25(31)17-30(35(6,33)34)23-14-9-18(3)19(4)15-23/h9-15,20,24H,7-8,16-17H2,1-6H3,(H,28,32)/t20-,24+/m0/s1. The van der Waals surface area contributed by atoms with E-state index in [1.807, 2.05) is 27.7 Å². The van der Waals surface area contributed by atoms with E-state index in [0.29, 0.717) is 17.7 Å². The number of halogens is 1. The topological polar surface area (TPSA) is 86.8 Å². The fourth-order valence-corrected chi connectivity index (χ4v) is 4.48. The normalized spacial score (nSPS) is 13.1. The lowest BCUT2D eigenvalue weighted by Crippen LogP contribution is -2.53. The molecule has 0 radical (unpaired) electrons. The molecule has 2 aromatic carbocycles. The van der Waals surface area contributed by atoms with Crippen molar-refractivity contribution in [2.24, 2.45) is 0 Å². The molecule has 35 heavy (non-hydrogen) atoms. The van der Waals surface area contributed by atoms with Crippen LogP contribution in [0.15, 0.2) is 42.5 Å². The number of amides is 2. The molecule has 2 amide bonds. The van der Waals surface area contributed by atoms with Gasteiger partial charge in [-0.05, 0) is 74.6 Å². The predicted molar refractivity (Wildman–Crippen MR) is 137 cm³/mol. The van der Waals surface area contributed by atoms with Crippen LogP contribution in [0.25, 0.3) is 0 Å². The monoisotopic (exact) mass is 505 g/mol. The summed E-state index contributed by atoms with van der Waals surface area (Å²) in [7, 11) is -3.79. The van der Waals surface area contributed by atoms with E-state index in [1.165, 1.54) is 17.0 Å². The van der Waals surface area contributed by atoms with Crippen molar-refractivity contribution in [3.63, 3.8) is 0 Å². The Hall–Kier alpha value is -2.94. The molecule has 0 unspecified atom stereocenters. The molecule has 0 aliphatic heterocycles. The van der Waals surface area contributed by atoms with Gasteiger partial charge < -0.3 is 10.2 Å². The number of carbonyl (C=O) groups is 2. The number of aryl methyl sites for hydroxylation is 2. The largest absolute Gasteiger partial charge is 0.352 e. The third-order valence-electron chi connectivity index (χ3n) is 6.11. The molecule has 0 heterocycles. The second-order valence-electron chi connectivity index (χ2n) is 8.93. The fraction of sp³-hybridized carbons (Fsp3) is 0.462. The van der Waals surface area contributed by atoms with Crippen LogP contribution in [0, 0.1) is 19.7 Å². The van der Waals surface area contributed by atoms with Crippen molar-refractivity contribution in [2.75, 3.05) is 17.1 Å². The van der Waals surface area contributed by atoms with Gasteiger partial charge in [-0.2, -0.15) is 0 Å². The van der Waals surface area contributed by atoms with Crippen LogP contribution < -0.4 is 9.62 Å². The van der Waals surface area contributed by atoms with Crippen molar-refractivity contribution >= 4 is 27.5 Å². The molecule has 0 aliphatic carbocycles. The first-order chi connectivity index (χ1) is 16.4. The van der Waals surface area contributed by atoms with Gasteiger partial charge in [-0.1, -0.05) is 32.0 Å². The van der Waals surface area contributed by atoms with Crippen LogP contribution in [-0.4, -0.2) is 50.0 Å². The van der Waals surface area contributed by atoms with Crippen LogP contribution in [0.3, 0.4) is 0 Å². The van der Waals surface area contributed by atoms with Gasteiger partial charge in [0.15, 0.2) is 0 Å². The fourth-order valence-electron chi connectivity index (χ4n) is 3.64. The lowest BCUT2D eigenvalue weighted by atomic mass is 10.1. The van der Waals surface area contributed by atoms with Gasteiger partial charge in [-0.25, -0.2) is 12.8 Å². The van der Waals surface area contributed by atoms with Gasteiger partial charge in [0.1, 0.15) is 18.4 Å². The van der Waals surface area contributed by atoms with Gasteiger partial charge in [0.05, 0.1) is 11.9 Å². The quantitative estimate of drug-likeness (QED) is 0.501. The Bertz CT molecular complexity index is 1140. The van der Waals surface area contributed by atoms with Crippen molar-refractivity contribution in [1.29, 1.82) is 0 Å². The maximum atomic E-state index is 13.6. The molecule has 192 valence electrons. The Morgan fingerprint density at radius 1 is 1.00 bits per heavy atom. The molecule has 0 fully saturated rings. The van der Waals surface area contributed by atoms with Gasteiger partial charge in [0.2, 0.25) is 21.8 Å². The molecule has 0 saturated carbocycles.